The molecular weight excluding hydrogens is 514 g/mol. The van der Waals surface area contributed by atoms with Gasteiger partial charge in [0.05, 0.1) is 24.6 Å². The molecule has 0 aliphatic heterocycles. The van der Waals surface area contributed by atoms with E-state index in [4.69, 9.17) is 9.15 Å². The molecule has 1 saturated carbocycles. The van der Waals surface area contributed by atoms with Gasteiger partial charge in [0, 0.05) is 21.3 Å². The Kier molecular flexibility index (Phi) is 6.78. The molecule has 1 fully saturated rings. The Morgan fingerprint density at radius 2 is 1.91 bits per heavy atom. The van der Waals surface area contributed by atoms with Crippen LogP contribution in [0, 0.1) is 0 Å². The van der Waals surface area contributed by atoms with Gasteiger partial charge in [-0.05, 0) is 66.9 Å². The Morgan fingerprint density at radius 1 is 1.12 bits per heavy atom. The largest absolute Gasteiger partial charge is 0.497 e. The summed E-state index contributed by atoms with van der Waals surface area (Å²) < 4.78 is 14.0. The summed E-state index contributed by atoms with van der Waals surface area (Å²) in [5.74, 6) is 0.799. The summed E-state index contributed by atoms with van der Waals surface area (Å²) in [6.45, 7) is 0. The highest BCUT2D eigenvalue weighted by Gasteiger charge is 2.22. The van der Waals surface area contributed by atoms with Crippen LogP contribution in [0.3, 0.4) is 0 Å². The van der Waals surface area contributed by atoms with E-state index in [2.05, 4.69) is 30.7 Å². The molecule has 8 heteroatoms. The molecular formula is C26H24BrN3O3S. The lowest BCUT2D eigenvalue weighted by Crippen LogP contribution is -2.24. The molecule has 2 aromatic carbocycles. The maximum Gasteiger partial charge on any atom is 0.345 e. The van der Waals surface area contributed by atoms with Gasteiger partial charge in [-0.15, -0.1) is 16.4 Å². The minimum atomic E-state index is -0.342. The third-order valence-electron chi connectivity index (χ3n) is 6.12. The van der Waals surface area contributed by atoms with E-state index in [9.17, 15) is 4.79 Å². The first-order valence-electron chi connectivity index (χ1n) is 11.3. The van der Waals surface area contributed by atoms with E-state index in [-0.39, 0.29) is 11.7 Å². The standard InChI is InChI=1S/C26H24BrN3O3S/c1-32-21-10-7-17(8-11-21)15-28-29-26-30(20-5-3-2-4-6-20)23(16-34-26)22-14-18-13-19(27)9-12-24(18)33-25(22)31/h7-16,20H,2-6H2,1H3/b28-15-,29-26-. The Bertz CT molecular complexity index is 1460. The van der Waals surface area contributed by atoms with Crippen molar-refractivity contribution in [3.63, 3.8) is 0 Å². The smallest absolute Gasteiger partial charge is 0.345 e. The van der Waals surface area contributed by atoms with Gasteiger partial charge in [-0.1, -0.05) is 35.2 Å². The molecule has 34 heavy (non-hydrogen) atoms. The van der Waals surface area contributed by atoms with Crippen molar-refractivity contribution in [1.82, 2.24) is 4.57 Å². The number of hydrogen-bond acceptors (Lipinski definition) is 6. The number of fused-ring (bicyclic) bond motifs is 1. The van der Waals surface area contributed by atoms with Gasteiger partial charge in [0.15, 0.2) is 0 Å². The molecule has 0 unspecified atom stereocenters. The van der Waals surface area contributed by atoms with E-state index in [0.29, 0.717) is 11.1 Å². The van der Waals surface area contributed by atoms with Crippen molar-refractivity contribution in [2.24, 2.45) is 10.2 Å². The van der Waals surface area contributed by atoms with Crippen molar-refractivity contribution < 1.29 is 9.15 Å². The van der Waals surface area contributed by atoms with Crippen molar-refractivity contribution in [3.05, 3.63) is 79.2 Å². The third-order valence-corrected chi connectivity index (χ3v) is 7.44. The molecule has 174 valence electrons. The summed E-state index contributed by atoms with van der Waals surface area (Å²) in [6.07, 6.45) is 7.42. The second-order valence-electron chi connectivity index (χ2n) is 8.31. The molecule has 1 aliphatic rings. The third kappa shape index (κ3) is 4.79. The number of halogens is 1. The zero-order chi connectivity index (χ0) is 23.5. The second-order valence-corrected chi connectivity index (χ2v) is 10.1. The van der Waals surface area contributed by atoms with Crippen LogP contribution >= 0.6 is 27.3 Å². The van der Waals surface area contributed by atoms with Crippen LogP contribution in [0.5, 0.6) is 5.75 Å². The molecule has 0 radical (unpaired) electrons. The second kappa shape index (κ2) is 10.1. The summed E-state index contributed by atoms with van der Waals surface area (Å²) in [5.41, 5.74) is 2.56. The van der Waals surface area contributed by atoms with Gasteiger partial charge >= 0.3 is 5.63 Å². The molecule has 6 nitrogen and oxygen atoms in total. The minimum Gasteiger partial charge on any atom is -0.497 e. The van der Waals surface area contributed by atoms with Crippen LogP contribution in [0.4, 0.5) is 0 Å². The van der Waals surface area contributed by atoms with Gasteiger partial charge < -0.3 is 13.7 Å². The Labute approximate surface area is 209 Å². The summed E-state index contributed by atoms with van der Waals surface area (Å²) in [5, 5.41) is 11.8. The summed E-state index contributed by atoms with van der Waals surface area (Å²) >= 11 is 5.00. The van der Waals surface area contributed by atoms with Gasteiger partial charge in [0.25, 0.3) is 0 Å². The topological polar surface area (TPSA) is 69.1 Å². The quantitative estimate of drug-likeness (QED) is 0.165. The number of aromatic nitrogens is 1. The zero-order valence-corrected chi connectivity index (χ0v) is 21.1. The number of thiazole rings is 1. The van der Waals surface area contributed by atoms with Crippen LogP contribution < -0.4 is 15.2 Å². The summed E-state index contributed by atoms with van der Waals surface area (Å²) in [6, 6.07) is 15.5. The average molecular weight is 538 g/mol. The van der Waals surface area contributed by atoms with Crippen LogP contribution in [0.1, 0.15) is 43.7 Å². The van der Waals surface area contributed by atoms with E-state index < -0.39 is 0 Å². The van der Waals surface area contributed by atoms with E-state index in [1.807, 2.05) is 53.9 Å². The van der Waals surface area contributed by atoms with Gasteiger partial charge in [0.1, 0.15) is 11.3 Å². The van der Waals surface area contributed by atoms with E-state index >= 15 is 0 Å². The maximum absolute atomic E-state index is 13.0. The predicted octanol–water partition coefficient (Wildman–Crippen LogP) is 6.53. The van der Waals surface area contributed by atoms with Gasteiger partial charge in [-0.25, -0.2) is 4.79 Å². The van der Waals surface area contributed by atoms with Crippen LogP contribution in [-0.2, 0) is 0 Å². The van der Waals surface area contributed by atoms with Gasteiger partial charge in [-0.2, -0.15) is 5.10 Å². The lowest BCUT2D eigenvalue weighted by Gasteiger charge is -2.24. The molecule has 0 amide bonds. The number of benzene rings is 2. The minimum absolute atomic E-state index is 0.280. The average Bonchev–Trinajstić information content (AvgIpc) is 3.28. The highest BCUT2D eigenvalue weighted by Crippen LogP contribution is 2.32. The van der Waals surface area contributed by atoms with Crippen LogP contribution in [0.15, 0.2) is 77.8 Å². The van der Waals surface area contributed by atoms with Crippen molar-refractivity contribution in [2.75, 3.05) is 7.11 Å². The van der Waals surface area contributed by atoms with E-state index in [0.717, 1.165) is 44.5 Å². The Morgan fingerprint density at radius 3 is 2.68 bits per heavy atom. The Hall–Kier alpha value is -2.97. The highest BCUT2D eigenvalue weighted by atomic mass is 79.9. The van der Waals surface area contributed by atoms with Gasteiger partial charge in [0.2, 0.25) is 4.80 Å². The maximum atomic E-state index is 13.0. The van der Waals surface area contributed by atoms with Crippen LogP contribution in [0.2, 0.25) is 0 Å². The molecule has 0 N–H and O–H groups in total. The molecule has 0 bridgehead atoms. The molecule has 0 atom stereocenters. The number of rotatable bonds is 5. The van der Waals surface area contributed by atoms with Crippen LogP contribution in [-0.4, -0.2) is 17.9 Å². The normalized spacial score (nSPS) is 15.4. The predicted molar refractivity (Wildman–Crippen MR) is 140 cm³/mol. The first-order chi connectivity index (χ1) is 16.6. The first-order valence-corrected chi connectivity index (χ1v) is 12.9. The van der Waals surface area contributed by atoms with Crippen molar-refractivity contribution in [3.8, 4) is 17.0 Å². The van der Waals surface area contributed by atoms with E-state index in [1.54, 1.807) is 13.3 Å². The lowest BCUT2D eigenvalue weighted by molar-refractivity contribution is 0.350. The SMILES string of the molecule is COc1ccc(/C=N\N=c2/scc(-c3cc4cc(Br)ccc4oc3=O)n2C2CCCCC2)cc1. The fourth-order valence-electron chi connectivity index (χ4n) is 4.39. The molecule has 4 aromatic rings. The number of ether oxygens (including phenoxy) is 1. The summed E-state index contributed by atoms with van der Waals surface area (Å²) in [7, 11) is 1.64. The monoisotopic (exact) mass is 537 g/mol. The van der Waals surface area contributed by atoms with E-state index in [1.165, 1.54) is 30.6 Å². The highest BCUT2D eigenvalue weighted by molar-refractivity contribution is 9.10. The number of hydrogen-bond donors (Lipinski definition) is 0. The molecule has 0 spiro atoms. The van der Waals surface area contributed by atoms with Crippen molar-refractivity contribution in [1.29, 1.82) is 0 Å². The molecule has 2 aromatic heterocycles. The van der Waals surface area contributed by atoms with Crippen LogP contribution in [0.25, 0.3) is 22.2 Å². The summed E-state index contributed by atoms with van der Waals surface area (Å²) in [4.78, 5) is 13.7. The van der Waals surface area contributed by atoms with Crippen molar-refractivity contribution in [2.45, 2.75) is 38.1 Å². The number of methoxy groups -OCH3 is 1. The molecule has 0 saturated heterocycles. The fraction of sp³-hybridized carbons (Fsp3) is 0.269. The van der Waals surface area contributed by atoms with Gasteiger partial charge in [-0.3, -0.25) is 0 Å². The molecule has 1 aliphatic carbocycles. The fourth-order valence-corrected chi connectivity index (χ4v) is 5.68. The molecule has 2 heterocycles. The first kappa shape index (κ1) is 22.8. The molecule has 5 rings (SSSR count). The Balaban J connectivity index is 1.59. The number of nitrogens with zero attached hydrogens (tertiary/aromatic N) is 3. The zero-order valence-electron chi connectivity index (χ0n) is 18.7. The lowest BCUT2D eigenvalue weighted by atomic mass is 9.95. The van der Waals surface area contributed by atoms with Crippen molar-refractivity contribution >= 4 is 44.5 Å².